The highest BCUT2D eigenvalue weighted by Crippen LogP contribution is 2.27. The van der Waals surface area contributed by atoms with Crippen LogP contribution in [0.5, 0.6) is 0 Å². The number of nitrogens with two attached hydrogens (primary N) is 1. The lowest BCUT2D eigenvalue weighted by Gasteiger charge is -2.35. The van der Waals surface area contributed by atoms with Gasteiger partial charge in [0.2, 0.25) is 0 Å². The highest BCUT2D eigenvalue weighted by Gasteiger charge is 2.35. The molecule has 1 heterocycles. The second kappa shape index (κ2) is 6.19. The zero-order chi connectivity index (χ0) is 13.7. The molecule has 2 rings (SSSR count). The average molecular weight is 280 g/mol. The van der Waals surface area contributed by atoms with Gasteiger partial charge in [0.1, 0.15) is 6.26 Å². The summed E-state index contributed by atoms with van der Waals surface area (Å²) in [6, 6.07) is 1.64. The number of thiocarbonyl (C=S) groups is 1. The first kappa shape index (κ1) is 14.1. The van der Waals surface area contributed by atoms with Crippen molar-refractivity contribution in [3.8, 4) is 0 Å². The Bertz CT molecular complexity index is 434. The molecule has 1 aliphatic rings. The fourth-order valence-corrected chi connectivity index (χ4v) is 2.88. The zero-order valence-electron chi connectivity index (χ0n) is 11.0. The molecule has 1 aromatic rings. The van der Waals surface area contributed by atoms with E-state index in [1.807, 2.05) is 0 Å². The van der Waals surface area contributed by atoms with Crippen molar-refractivity contribution in [2.45, 2.75) is 50.5 Å². The monoisotopic (exact) mass is 280 g/mol. The largest absolute Gasteiger partial charge is 0.472 e. The highest BCUT2D eigenvalue weighted by atomic mass is 32.1. The van der Waals surface area contributed by atoms with Crippen molar-refractivity contribution in [3.05, 3.63) is 24.2 Å². The van der Waals surface area contributed by atoms with Gasteiger partial charge in [-0.2, -0.15) is 0 Å². The summed E-state index contributed by atoms with van der Waals surface area (Å²) in [6.07, 6.45) is 10.3. The van der Waals surface area contributed by atoms with Crippen LogP contribution >= 0.6 is 12.2 Å². The Kier molecular flexibility index (Phi) is 4.58. The highest BCUT2D eigenvalue weighted by molar-refractivity contribution is 7.80. The van der Waals surface area contributed by atoms with Crippen LogP contribution in [0.2, 0.25) is 0 Å². The predicted octanol–water partition coefficient (Wildman–Crippen LogP) is 2.78. The van der Waals surface area contributed by atoms with Gasteiger partial charge in [-0.3, -0.25) is 4.79 Å². The molecule has 0 saturated heterocycles. The summed E-state index contributed by atoms with van der Waals surface area (Å²) in [6.45, 7) is 0. The quantitative estimate of drug-likeness (QED) is 0.835. The van der Waals surface area contributed by atoms with Crippen LogP contribution in [0.1, 0.15) is 55.3 Å². The Morgan fingerprint density at radius 3 is 2.42 bits per heavy atom. The SMILES string of the molecule is NC(=S)C1(NC(=O)c2ccoc2)CCCCCCC1. The van der Waals surface area contributed by atoms with Crippen LogP contribution in [-0.2, 0) is 0 Å². The van der Waals surface area contributed by atoms with Crippen molar-refractivity contribution < 1.29 is 9.21 Å². The number of carbonyl (C=O) groups is 1. The summed E-state index contributed by atoms with van der Waals surface area (Å²) in [5, 5.41) is 3.04. The molecule has 104 valence electrons. The van der Waals surface area contributed by atoms with Gasteiger partial charge in [0, 0.05) is 0 Å². The number of hydrogen-bond acceptors (Lipinski definition) is 3. The Morgan fingerprint density at radius 1 is 1.26 bits per heavy atom. The zero-order valence-corrected chi connectivity index (χ0v) is 11.8. The minimum Gasteiger partial charge on any atom is -0.472 e. The first-order chi connectivity index (χ1) is 9.14. The molecule has 0 radical (unpaired) electrons. The van der Waals surface area contributed by atoms with Crippen molar-refractivity contribution in [2.75, 3.05) is 0 Å². The van der Waals surface area contributed by atoms with E-state index in [1.54, 1.807) is 6.07 Å². The summed E-state index contributed by atoms with van der Waals surface area (Å²) in [5.74, 6) is -0.165. The third-order valence-corrected chi connectivity index (χ3v) is 4.21. The van der Waals surface area contributed by atoms with Gasteiger partial charge >= 0.3 is 0 Å². The van der Waals surface area contributed by atoms with Crippen LogP contribution in [0.15, 0.2) is 23.0 Å². The number of furan rings is 1. The fraction of sp³-hybridized carbons (Fsp3) is 0.571. The molecule has 0 aromatic carbocycles. The van der Waals surface area contributed by atoms with Crippen molar-refractivity contribution in [2.24, 2.45) is 5.73 Å². The molecule has 0 aliphatic heterocycles. The number of carbonyl (C=O) groups excluding carboxylic acids is 1. The van der Waals surface area contributed by atoms with Gasteiger partial charge in [-0.25, -0.2) is 0 Å². The summed E-state index contributed by atoms with van der Waals surface area (Å²) in [5.41, 5.74) is 5.89. The lowest BCUT2D eigenvalue weighted by atomic mass is 9.83. The molecule has 0 spiro atoms. The van der Waals surface area contributed by atoms with Crippen molar-refractivity contribution in [3.63, 3.8) is 0 Å². The Balaban J connectivity index is 2.13. The van der Waals surface area contributed by atoms with Gasteiger partial charge in [-0.15, -0.1) is 0 Å². The molecular formula is C14H20N2O2S. The van der Waals surface area contributed by atoms with Crippen LogP contribution in [0, 0.1) is 0 Å². The molecule has 0 bridgehead atoms. The average Bonchev–Trinajstić information content (AvgIpc) is 2.86. The van der Waals surface area contributed by atoms with Crippen molar-refractivity contribution in [1.82, 2.24) is 5.32 Å². The van der Waals surface area contributed by atoms with E-state index in [4.69, 9.17) is 22.4 Å². The Labute approximate surface area is 118 Å². The van der Waals surface area contributed by atoms with Gasteiger partial charge in [-0.05, 0) is 18.9 Å². The van der Waals surface area contributed by atoms with E-state index in [2.05, 4.69) is 5.32 Å². The summed E-state index contributed by atoms with van der Waals surface area (Å²) in [4.78, 5) is 12.6. The predicted molar refractivity (Wildman–Crippen MR) is 78.0 cm³/mol. The van der Waals surface area contributed by atoms with Crippen LogP contribution in [0.25, 0.3) is 0 Å². The molecule has 1 saturated carbocycles. The third-order valence-electron chi connectivity index (χ3n) is 3.81. The number of nitrogens with one attached hydrogen (secondary N) is 1. The summed E-state index contributed by atoms with van der Waals surface area (Å²) < 4.78 is 4.94. The number of hydrogen-bond donors (Lipinski definition) is 2. The number of amides is 1. The normalized spacial score (nSPS) is 19.2. The van der Waals surface area contributed by atoms with Crippen molar-refractivity contribution >= 4 is 23.1 Å². The minimum atomic E-state index is -0.538. The molecule has 1 amide bonds. The second-order valence-electron chi connectivity index (χ2n) is 5.18. The van der Waals surface area contributed by atoms with E-state index in [1.165, 1.54) is 31.8 Å². The van der Waals surface area contributed by atoms with Gasteiger partial charge in [0.15, 0.2) is 0 Å². The second-order valence-corrected chi connectivity index (χ2v) is 5.62. The Hall–Kier alpha value is -1.36. The molecule has 1 fully saturated rings. The standard InChI is InChI=1S/C14H20N2O2S/c15-13(19)14(7-4-2-1-3-5-8-14)16-12(17)11-6-9-18-10-11/h6,9-10H,1-5,7-8H2,(H2,15,19)(H,16,17). The molecule has 19 heavy (non-hydrogen) atoms. The molecule has 4 nitrogen and oxygen atoms in total. The summed E-state index contributed by atoms with van der Waals surface area (Å²) in [7, 11) is 0. The molecule has 0 atom stereocenters. The van der Waals surface area contributed by atoms with E-state index in [-0.39, 0.29) is 5.91 Å². The van der Waals surface area contributed by atoms with E-state index >= 15 is 0 Å². The fourth-order valence-electron chi connectivity index (χ4n) is 2.63. The third kappa shape index (κ3) is 3.35. The molecule has 5 heteroatoms. The van der Waals surface area contributed by atoms with Gasteiger partial charge in [0.25, 0.3) is 5.91 Å². The molecule has 1 aromatic heterocycles. The van der Waals surface area contributed by atoms with Gasteiger partial charge in [0.05, 0.1) is 22.4 Å². The minimum absolute atomic E-state index is 0.165. The molecule has 1 aliphatic carbocycles. The van der Waals surface area contributed by atoms with Gasteiger partial charge in [-0.1, -0.05) is 44.3 Å². The van der Waals surface area contributed by atoms with Crippen LogP contribution in [-0.4, -0.2) is 16.4 Å². The Morgan fingerprint density at radius 2 is 1.89 bits per heavy atom. The first-order valence-corrected chi connectivity index (χ1v) is 7.19. The smallest absolute Gasteiger partial charge is 0.255 e. The van der Waals surface area contributed by atoms with E-state index in [0.717, 1.165) is 25.7 Å². The number of rotatable bonds is 3. The van der Waals surface area contributed by atoms with E-state index < -0.39 is 5.54 Å². The molecular weight excluding hydrogens is 260 g/mol. The maximum atomic E-state index is 12.2. The van der Waals surface area contributed by atoms with Crippen LogP contribution in [0.4, 0.5) is 0 Å². The lowest BCUT2D eigenvalue weighted by Crippen LogP contribution is -2.56. The lowest BCUT2D eigenvalue weighted by molar-refractivity contribution is 0.0912. The maximum absolute atomic E-state index is 12.2. The van der Waals surface area contributed by atoms with Crippen LogP contribution < -0.4 is 11.1 Å². The van der Waals surface area contributed by atoms with E-state index in [0.29, 0.717) is 10.6 Å². The van der Waals surface area contributed by atoms with Gasteiger partial charge < -0.3 is 15.5 Å². The summed E-state index contributed by atoms with van der Waals surface area (Å²) >= 11 is 5.22. The first-order valence-electron chi connectivity index (χ1n) is 6.79. The molecule has 0 unspecified atom stereocenters. The maximum Gasteiger partial charge on any atom is 0.255 e. The van der Waals surface area contributed by atoms with Crippen LogP contribution in [0.3, 0.4) is 0 Å². The van der Waals surface area contributed by atoms with E-state index in [9.17, 15) is 4.79 Å². The topological polar surface area (TPSA) is 68.3 Å². The molecule has 3 N–H and O–H groups in total. The van der Waals surface area contributed by atoms with Crippen molar-refractivity contribution in [1.29, 1.82) is 0 Å².